The van der Waals surface area contributed by atoms with Crippen molar-refractivity contribution in [3.05, 3.63) is 53.1 Å². The number of methoxy groups -OCH3 is 2. The average Bonchev–Trinajstić information content (AvgIpc) is 2.70. The van der Waals surface area contributed by atoms with Crippen molar-refractivity contribution in [3.8, 4) is 11.5 Å². The zero-order valence-electron chi connectivity index (χ0n) is 15.5. The topological polar surface area (TPSA) is 90.9 Å². The number of ketones is 1. The number of anilines is 1. The van der Waals surface area contributed by atoms with Gasteiger partial charge in [0.25, 0.3) is 5.91 Å². The number of ether oxygens (including phenoxy) is 3. The molecule has 2 aromatic rings. The van der Waals surface area contributed by atoms with Crippen molar-refractivity contribution in [3.63, 3.8) is 0 Å². The van der Waals surface area contributed by atoms with Gasteiger partial charge in [0.15, 0.2) is 12.4 Å². The molecule has 0 atom stereocenters. The van der Waals surface area contributed by atoms with Crippen LogP contribution in [0.25, 0.3) is 0 Å². The molecule has 0 saturated carbocycles. The van der Waals surface area contributed by atoms with Crippen molar-refractivity contribution in [1.29, 1.82) is 0 Å². The van der Waals surface area contributed by atoms with E-state index in [0.29, 0.717) is 27.8 Å². The Bertz CT molecular complexity index is 850. The molecule has 0 bridgehead atoms. The van der Waals surface area contributed by atoms with Crippen molar-refractivity contribution in [2.45, 2.75) is 12.8 Å². The zero-order valence-corrected chi connectivity index (χ0v) is 16.2. The standard InChI is InChI=1S/C20H20ClNO6/c1-26-15-7-9-18(27-2)16(11-15)22-19(24)12-28-20(25)10-8-17(23)13-3-5-14(21)6-4-13/h3-7,9,11H,8,10,12H2,1-2H3,(H,22,24). The minimum atomic E-state index is -0.643. The fourth-order valence-corrected chi connectivity index (χ4v) is 2.44. The summed E-state index contributed by atoms with van der Waals surface area (Å²) >= 11 is 5.77. The van der Waals surface area contributed by atoms with Crippen molar-refractivity contribution in [1.82, 2.24) is 0 Å². The fraction of sp³-hybridized carbons (Fsp3) is 0.250. The van der Waals surface area contributed by atoms with Gasteiger partial charge in [0, 0.05) is 23.1 Å². The molecule has 2 rings (SSSR count). The molecule has 0 spiro atoms. The van der Waals surface area contributed by atoms with Gasteiger partial charge in [0.2, 0.25) is 0 Å². The summed E-state index contributed by atoms with van der Waals surface area (Å²) in [4.78, 5) is 35.8. The van der Waals surface area contributed by atoms with Gasteiger partial charge in [0.05, 0.1) is 26.3 Å². The van der Waals surface area contributed by atoms with Crippen molar-refractivity contribution < 1.29 is 28.6 Å². The van der Waals surface area contributed by atoms with Crippen LogP contribution < -0.4 is 14.8 Å². The van der Waals surface area contributed by atoms with E-state index in [9.17, 15) is 14.4 Å². The van der Waals surface area contributed by atoms with E-state index < -0.39 is 18.5 Å². The Morgan fingerprint density at radius 2 is 1.68 bits per heavy atom. The molecule has 0 aliphatic carbocycles. The minimum absolute atomic E-state index is 0.0220. The average molecular weight is 406 g/mol. The highest BCUT2D eigenvalue weighted by Crippen LogP contribution is 2.28. The number of carbonyl (C=O) groups is 3. The zero-order chi connectivity index (χ0) is 20.5. The Labute approximate surface area is 167 Å². The molecule has 0 radical (unpaired) electrons. The van der Waals surface area contributed by atoms with Crippen LogP contribution in [0.4, 0.5) is 5.69 Å². The van der Waals surface area contributed by atoms with Gasteiger partial charge in [-0.1, -0.05) is 11.6 Å². The molecule has 0 heterocycles. The van der Waals surface area contributed by atoms with E-state index in [-0.39, 0.29) is 18.6 Å². The molecular formula is C20H20ClNO6. The van der Waals surface area contributed by atoms with Gasteiger partial charge in [-0.2, -0.15) is 0 Å². The largest absolute Gasteiger partial charge is 0.497 e. The van der Waals surface area contributed by atoms with E-state index >= 15 is 0 Å². The van der Waals surface area contributed by atoms with Crippen LogP contribution in [0, 0.1) is 0 Å². The Hall–Kier alpha value is -3.06. The van der Waals surface area contributed by atoms with Crippen LogP contribution in [0.1, 0.15) is 23.2 Å². The summed E-state index contributed by atoms with van der Waals surface area (Å²) in [7, 11) is 2.97. The maximum Gasteiger partial charge on any atom is 0.306 e. The van der Waals surface area contributed by atoms with Crippen LogP contribution in [-0.4, -0.2) is 38.5 Å². The fourth-order valence-electron chi connectivity index (χ4n) is 2.31. The molecule has 0 aliphatic rings. The van der Waals surface area contributed by atoms with E-state index in [1.54, 1.807) is 42.5 Å². The van der Waals surface area contributed by atoms with Gasteiger partial charge in [-0.05, 0) is 36.4 Å². The molecule has 2 aromatic carbocycles. The number of benzene rings is 2. The molecule has 1 amide bonds. The third-order valence-corrected chi connectivity index (χ3v) is 4.02. The van der Waals surface area contributed by atoms with E-state index in [0.717, 1.165) is 0 Å². The quantitative estimate of drug-likeness (QED) is 0.507. The summed E-state index contributed by atoms with van der Waals surface area (Å²) in [5.41, 5.74) is 0.848. The number of rotatable bonds is 9. The summed E-state index contributed by atoms with van der Waals surface area (Å²) in [6.45, 7) is -0.478. The third-order valence-electron chi connectivity index (χ3n) is 3.77. The van der Waals surface area contributed by atoms with Crippen molar-refractivity contribution in [2.24, 2.45) is 0 Å². The smallest absolute Gasteiger partial charge is 0.306 e. The second-order valence-corrected chi connectivity index (χ2v) is 6.14. The molecule has 1 N–H and O–H groups in total. The number of carbonyl (C=O) groups excluding carboxylic acids is 3. The van der Waals surface area contributed by atoms with Crippen LogP contribution >= 0.6 is 11.6 Å². The van der Waals surface area contributed by atoms with Gasteiger partial charge in [0.1, 0.15) is 11.5 Å². The summed E-state index contributed by atoms with van der Waals surface area (Å²) in [6, 6.07) is 11.3. The number of amides is 1. The van der Waals surface area contributed by atoms with Gasteiger partial charge in [-0.25, -0.2) is 0 Å². The molecule has 7 nitrogen and oxygen atoms in total. The highest BCUT2D eigenvalue weighted by Gasteiger charge is 2.14. The van der Waals surface area contributed by atoms with Gasteiger partial charge in [-0.15, -0.1) is 0 Å². The second-order valence-electron chi connectivity index (χ2n) is 5.71. The van der Waals surface area contributed by atoms with Gasteiger partial charge < -0.3 is 19.5 Å². The molecule has 28 heavy (non-hydrogen) atoms. The van der Waals surface area contributed by atoms with Crippen LogP contribution in [0.3, 0.4) is 0 Å². The Morgan fingerprint density at radius 1 is 0.964 bits per heavy atom. The Kier molecular flexibility index (Phi) is 7.83. The first-order valence-corrected chi connectivity index (χ1v) is 8.77. The lowest BCUT2D eigenvalue weighted by molar-refractivity contribution is -0.147. The van der Waals surface area contributed by atoms with Crippen LogP contribution in [-0.2, 0) is 14.3 Å². The number of hydrogen-bond acceptors (Lipinski definition) is 6. The summed E-state index contributed by atoms with van der Waals surface area (Å²) in [5.74, 6) is -0.416. The SMILES string of the molecule is COc1ccc(OC)c(NC(=O)COC(=O)CCC(=O)c2ccc(Cl)cc2)c1. The molecule has 0 fully saturated rings. The van der Waals surface area contributed by atoms with Crippen LogP contribution in [0.2, 0.25) is 5.02 Å². The summed E-state index contributed by atoms with van der Waals surface area (Å²) in [6.07, 6.45) is -0.150. The van der Waals surface area contributed by atoms with Crippen LogP contribution in [0.15, 0.2) is 42.5 Å². The normalized spacial score (nSPS) is 10.1. The molecule has 0 aromatic heterocycles. The number of halogens is 1. The van der Waals surface area contributed by atoms with Crippen molar-refractivity contribution >= 4 is 34.9 Å². The van der Waals surface area contributed by atoms with Crippen LogP contribution in [0.5, 0.6) is 11.5 Å². The lowest BCUT2D eigenvalue weighted by atomic mass is 10.1. The Balaban J connectivity index is 1.80. The second kappa shape index (κ2) is 10.3. The summed E-state index contributed by atoms with van der Waals surface area (Å²) in [5, 5.41) is 3.11. The number of esters is 1. The number of nitrogens with one attached hydrogen (secondary N) is 1. The van der Waals surface area contributed by atoms with Gasteiger partial charge in [-0.3, -0.25) is 14.4 Å². The minimum Gasteiger partial charge on any atom is -0.497 e. The third kappa shape index (κ3) is 6.28. The molecule has 8 heteroatoms. The monoisotopic (exact) mass is 405 g/mol. The molecule has 148 valence electrons. The van der Waals surface area contributed by atoms with E-state index in [4.69, 9.17) is 25.8 Å². The molecule has 0 saturated heterocycles. The number of hydrogen-bond donors (Lipinski definition) is 1. The molecule has 0 aliphatic heterocycles. The lowest BCUT2D eigenvalue weighted by Crippen LogP contribution is -2.21. The van der Waals surface area contributed by atoms with E-state index in [1.165, 1.54) is 14.2 Å². The first-order chi connectivity index (χ1) is 13.4. The van der Waals surface area contributed by atoms with Crippen molar-refractivity contribution in [2.75, 3.05) is 26.1 Å². The first kappa shape index (κ1) is 21.2. The van der Waals surface area contributed by atoms with E-state index in [1.807, 2.05) is 0 Å². The van der Waals surface area contributed by atoms with Gasteiger partial charge >= 0.3 is 5.97 Å². The van der Waals surface area contributed by atoms with E-state index in [2.05, 4.69) is 5.32 Å². The molecular weight excluding hydrogens is 386 g/mol. The first-order valence-electron chi connectivity index (χ1n) is 8.39. The molecule has 0 unspecified atom stereocenters. The Morgan fingerprint density at radius 3 is 2.32 bits per heavy atom. The predicted molar refractivity (Wildman–Crippen MR) is 104 cm³/mol. The number of Topliss-reactive ketones (excluding diaryl/α,β-unsaturated/α-hetero) is 1. The highest BCUT2D eigenvalue weighted by molar-refractivity contribution is 6.30. The highest BCUT2D eigenvalue weighted by atomic mass is 35.5. The predicted octanol–water partition coefficient (Wildman–Crippen LogP) is 3.50. The summed E-state index contributed by atoms with van der Waals surface area (Å²) < 4.78 is 15.2. The lowest BCUT2D eigenvalue weighted by Gasteiger charge is -2.12. The maximum absolute atomic E-state index is 12.0. The maximum atomic E-state index is 12.0.